The Labute approximate surface area is 94.0 Å². The minimum absolute atomic E-state index is 0.0382. The van der Waals surface area contributed by atoms with Crippen molar-refractivity contribution in [3.8, 4) is 0 Å². The van der Waals surface area contributed by atoms with Crippen molar-refractivity contribution >= 4 is 7.12 Å². The van der Waals surface area contributed by atoms with Gasteiger partial charge in [-0.05, 0) is 6.42 Å². The maximum Gasteiger partial charge on any atom is 0.479 e. The maximum atomic E-state index is 8.51. The summed E-state index contributed by atoms with van der Waals surface area (Å²) in [6.45, 7) is 2.91. The fraction of sp³-hybridized carbons (Fsp3) is 1.00. The van der Waals surface area contributed by atoms with Crippen LogP contribution in [0.25, 0.3) is 0 Å². The van der Waals surface area contributed by atoms with Gasteiger partial charge in [0.1, 0.15) is 0 Å². The van der Waals surface area contributed by atoms with Gasteiger partial charge >= 0.3 is 7.12 Å². The van der Waals surface area contributed by atoms with Crippen LogP contribution in [0.3, 0.4) is 0 Å². The molecule has 3 nitrogen and oxygen atoms in total. The molecule has 0 heterocycles. The highest BCUT2D eigenvalue weighted by atomic mass is 16.5. The van der Waals surface area contributed by atoms with E-state index in [0.29, 0.717) is 6.61 Å². The van der Waals surface area contributed by atoms with Crippen molar-refractivity contribution in [1.29, 1.82) is 0 Å². The van der Waals surface area contributed by atoms with E-state index < -0.39 is 7.12 Å². The largest absolute Gasteiger partial charge is 0.479 e. The van der Waals surface area contributed by atoms with Crippen LogP contribution in [0.2, 0.25) is 0 Å². The summed E-state index contributed by atoms with van der Waals surface area (Å²) in [5.41, 5.74) is 0. The van der Waals surface area contributed by atoms with Gasteiger partial charge in [0.15, 0.2) is 0 Å². The van der Waals surface area contributed by atoms with Crippen molar-refractivity contribution in [2.24, 2.45) is 0 Å². The van der Waals surface area contributed by atoms with E-state index in [0.717, 1.165) is 6.42 Å². The predicted molar refractivity (Wildman–Crippen MR) is 63.6 cm³/mol. The predicted octanol–water partition coefficient (Wildman–Crippen LogP) is 2.16. The van der Waals surface area contributed by atoms with Crippen LogP contribution in [0.4, 0.5) is 0 Å². The Balaban J connectivity index is 2.87. The summed E-state index contributed by atoms with van der Waals surface area (Å²) in [6, 6.07) is 0. The molecule has 0 aromatic heterocycles. The Bertz CT molecular complexity index is 120. The molecule has 0 saturated heterocycles. The summed E-state index contributed by atoms with van der Waals surface area (Å²) in [5, 5.41) is 17.0. The van der Waals surface area contributed by atoms with Gasteiger partial charge in [-0.1, -0.05) is 51.9 Å². The Kier molecular flexibility index (Phi) is 12.0. The molecule has 15 heavy (non-hydrogen) atoms. The molecular formula is C11H25BO3. The van der Waals surface area contributed by atoms with Crippen LogP contribution in [-0.4, -0.2) is 30.3 Å². The third-order valence-corrected chi connectivity index (χ3v) is 2.41. The molecule has 0 atom stereocenters. The monoisotopic (exact) mass is 216 g/mol. The summed E-state index contributed by atoms with van der Waals surface area (Å²) >= 11 is 0. The molecule has 90 valence electrons. The van der Waals surface area contributed by atoms with Gasteiger partial charge in [-0.3, -0.25) is 0 Å². The zero-order valence-electron chi connectivity index (χ0n) is 9.95. The van der Waals surface area contributed by atoms with Crippen LogP contribution in [0.15, 0.2) is 0 Å². The van der Waals surface area contributed by atoms with E-state index in [1.54, 1.807) is 0 Å². The highest BCUT2D eigenvalue weighted by molar-refractivity contribution is 6.40. The average molecular weight is 216 g/mol. The van der Waals surface area contributed by atoms with E-state index >= 15 is 0 Å². The molecule has 0 spiro atoms. The second-order valence-corrected chi connectivity index (χ2v) is 4.03. The quantitative estimate of drug-likeness (QED) is 0.411. The van der Waals surface area contributed by atoms with Crippen molar-refractivity contribution in [3.63, 3.8) is 0 Å². The molecule has 0 rings (SSSR count). The number of ether oxygens (including phenoxy) is 1. The van der Waals surface area contributed by atoms with Crippen LogP contribution in [0.1, 0.15) is 58.3 Å². The molecular weight excluding hydrogens is 191 g/mol. The summed E-state index contributed by atoms with van der Waals surface area (Å²) in [7, 11) is -1.32. The lowest BCUT2D eigenvalue weighted by molar-refractivity contribution is 0.149. The molecule has 0 saturated carbocycles. The maximum absolute atomic E-state index is 8.51. The fourth-order valence-electron chi connectivity index (χ4n) is 1.53. The van der Waals surface area contributed by atoms with E-state index in [4.69, 9.17) is 14.8 Å². The smallest absolute Gasteiger partial charge is 0.426 e. The van der Waals surface area contributed by atoms with Crippen molar-refractivity contribution in [3.05, 3.63) is 0 Å². The van der Waals surface area contributed by atoms with Gasteiger partial charge in [-0.2, -0.15) is 0 Å². The fourth-order valence-corrected chi connectivity index (χ4v) is 1.53. The first-order valence-corrected chi connectivity index (χ1v) is 6.21. The first-order chi connectivity index (χ1) is 7.27. The molecule has 0 radical (unpaired) electrons. The first-order valence-electron chi connectivity index (χ1n) is 6.21. The normalized spacial score (nSPS) is 10.6. The number of unbranched alkanes of at least 4 members (excludes halogenated alkanes) is 7. The molecule has 0 amide bonds. The van der Waals surface area contributed by atoms with Crippen molar-refractivity contribution in [1.82, 2.24) is 0 Å². The molecule has 2 N–H and O–H groups in total. The van der Waals surface area contributed by atoms with Gasteiger partial charge in [0.2, 0.25) is 0 Å². The standard InChI is InChI=1S/C11H25BO3/c1-2-3-4-5-6-7-8-9-10-15-11-12(13)14/h13-14H,2-11H2,1H3. The third kappa shape index (κ3) is 13.9. The van der Waals surface area contributed by atoms with Gasteiger partial charge in [-0.15, -0.1) is 0 Å². The molecule has 0 unspecified atom stereocenters. The van der Waals surface area contributed by atoms with Gasteiger partial charge in [0, 0.05) is 6.61 Å². The van der Waals surface area contributed by atoms with Crippen LogP contribution in [0.5, 0.6) is 0 Å². The SMILES string of the molecule is CCCCCCCCCCOCB(O)O. The number of hydrogen-bond acceptors (Lipinski definition) is 3. The Morgan fingerprint density at radius 3 is 1.93 bits per heavy atom. The molecule has 0 aliphatic rings. The van der Waals surface area contributed by atoms with E-state index in [-0.39, 0.29) is 6.51 Å². The molecule has 0 aliphatic carbocycles. The first kappa shape index (κ1) is 14.9. The number of hydrogen-bond donors (Lipinski definition) is 2. The van der Waals surface area contributed by atoms with Crippen molar-refractivity contribution < 1.29 is 14.8 Å². The lowest BCUT2D eigenvalue weighted by Gasteiger charge is -2.03. The van der Waals surface area contributed by atoms with Gasteiger partial charge in [0.05, 0.1) is 6.51 Å². The van der Waals surface area contributed by atoms with E-state index in [2.05, 4.69) is 6.92 Å². The summed E-state index contributed by atoms with van der Waals surface area (Å²) in [4.78, 5) is 0. The highest BCUT2D eigenvalue weighted by Gasteiger charge is 2.04. The molecule has 0 fully saturated rings. The van der Waals surface area contributed by atoms with Gasteiger partial charge in [-0.25, -0.2) is 0 Å². The summed E-state index contributed by atoms with van der Waals surface area (Å²) in [6.07, 6.45) is 10.2. The lowest BCUT2D eigenvalue weighted by atomic mass is 9.95. The average Bonchev–Trinajstić information content (AvgIpc) is 2.20. The minimum atomic E-state index is -1.32. The summed E-state index contributed by atoms with van der Waals surface area (Å²) < 4.78 is 5.04. The van der Waals surface area contributed by atoms with E-state index in [1.807, 2.05) is 0 Å². The summed E-state index contributed by atoms with van der Waals surface area (Å²) in [5.74, 6) is 0. The highest BCUT2D eigenvalue weighted by Crippen LogP contribution is 2.08. The molecule has 4 heteroatoms. The minimum Gasteiger partial charge on any atom is -0.426 e. The van der Waals surface area contributed by atoms with Crippen LogP contribution >= 0.6 is 0 Å². The Morgan fingerprint density at radius 2 is 1.40 bits per heavy atom. The topological polar surface area (TPSA) is 49.7 Å². The number of rotatable bonds is 11. The lowest BCUT2D eigenvalue weighted by Crippen LogP contribution is -2.20. The molecule has 0 aliphatic heterocycles. The second kappa shape index (κ2) is 12.0. The zero-order valence-corrected chi connectivity index (χ0v) is 9.95. The van der Waals surface area contributed by atoms with Gasteiger partial charge in [0.25, 0.3) is 0 Å². The molecule has 0 aromatic carbocycles. The van der Waals surface area contributed by atoms with Crippen LogP contribution < -0.4 is 0 Å². The van der Waals surface area contributed by atoms with Crippen molar-refractivity contribution in [2.45, 2.75) is 58.3 Å². The van der Waals surface area contributed by atoms with Crippen LogP contribution in [-0.2, 0) is 4.74 Å². The Hall–Kier alpha value is -0.0551. The second-order valence-electron chi connectivity index (χ2n) is 4.03. The van der Waals surface area contributed by atoms with Gasteiger partial charge < -0.3 is 14.8 Å². The van der Waals surface area contributed by atoms with Crippen molar-refractivity contribution in [2.75, 3.05) is 13.1 Å². The zero-order chi connectivity index (χ0) is 11.4. The Morgan fingerprint density at radius 1 is 0.867 bits per heavy atom. The third-order valence-electron chi connectivity index (χ3n) is 2.41. The molecule has 0 aromatic rings. The van der Waals surface area contributed by atoms with Crippen LogP contribution in [0, 0.1) is 0 Å². The molecule has 0 bridgehead atoms. The van der Waals surface area contributed by atoms with E-state index in [9.17, 15) is 0 Å². The van der Waals surface area contributed by atoms with E-state index in [1.165, 1.54) is 44.9 Å².